The van der Waals surface area contributed by atoms with Crippen molar-refractivity contribution in [2.24, 2.45) is 0 Å². The maximum atomic E-state index is 5.68. The molecule has 1 saturated heterocycles. The van der Waals surface area contributed by atoms with E-state index in [2.05, 4.69) is 29.4 Å². The minimum Gasteiger partial charge on any atom is -0.374 e. The molecule has 1 heterocycles. The van der Waals surface area contributed by atoms with Crippen LogP contribution in [0, 0.1) is 0 Å². The molecular weight excluding hydrogens is 176 g/mol. The van der Waals surface area contributed by atoms with Gasteiger partial charge in [-0.2, -0.15) is 0 Å². The molecule has 1 atom stereocenters. The summed E-state index contributed by atoms with van der Waals surface area (Å²) in [5.74, 6) is 0. The van der Waals surface area contributed by atoms with Gasteiger partial charge in [0.1, 0.15) is 0 Å². The Kier molecular flexibility index (Phi) is 3.56. The van der Waals surface area contributed by atoms with Gasteiger partial charge in [-0.15, -0.1) is 0 Å². The molecule has 1 unspecified atom stereocenters. The van der Waals surface area contributed by atoms with E-state index in [-0.39, 0.29) is 0 Å². The summed E-state index contributed by atoms with van der Waals surface area (Å²) in [6, 6.07) is 0.658. The molecule has 0 amide bonds. The van der Waals surface area contributed by atoms with Gasteiger partial charge in [0.2, 0.25) is 0 Å². The highest BCUT2D eigenvalue weighted by atomic mass is 16.5. The predicted octanol–water partition coefficient (Wildman–Crippen LogP) is 0.625. The summed E-state index contributed by atoms with van der Waals surface area (Å²) < 4.78 is 5.68. The first-order chi connectivity index (χ1) is 6.84. The SMILES string of the molecule is CN1CCOC(CNC2CC=CC2)C1. The normalized spacial score (nSPS) is 29.9. The van der Waals surface area contributed by atoms with Crippen molar-refractivity contribution in [3.63, 3.8) is 0 Å². The number of morpholine rings is 1. The molecule has 1 aliphatic heterocycles. The lowest BCUT2D eigenvalue weighted by atomic mass is 10.2. The number of nitrogens with zero attached hydrogens (tertiary/aromatic N) is 1. The van der Waals surface area contributed by atoms with Crippen LogP contribution in [0.15, 0.2) is 12.2 Å². The molecule has 0 aromatic carbocycles. The average molecular weight is 196 g/mol. The van der Waals surface area contributed by atoms with Crippen LogP contribution in [0.3, 0.4) is 0 Å². The Morgan fingerprint density at radius 2 is 2.21 bits per heavy atom. The second-order valence-corrected chi connectivity index (χ2v) is 4.30. The minimum atomic E-state index is 0.384. The standard InChI is InChI=1S/C11H20N2O/c1-13-6-7-14-11(9-13)8-12-10-4-2-3-5-10/h2-3,10-12H,4-9H2,1H3. The number of hydrogen-bond donors (Lipinski definition) is 1. The van der Waals surface area contributed by atoms with Gasteiger partial charge in [0, 0.05) is 25.7 Å². The highest BCUT2D eigenvalue weighted by molar-refractivity contribution is 4.97. The van der Waals surface area contributed by atoms with Gasteiger partial charge in [0.15, 0.2) is 0 Å². The molecule has 0 spiro atoms. The van der Waals surface area contributed by atoms with E-state index in [1.807, 2.05) is 0 Å². The van der Waals surface area contributed by atoms with Crippen LogP contribution in [0.1, 0.15) is 12.8 Å². The molecule has 0 saturated carbocycles. The Labute approximate surface area is 86.1 Å². The largest absolute Gasteiger partial charge is 0.374 e. The van der Waals surface area contributed by atoms with E-state index in [9.17, 15) is 0 Å². The van der Waals surface area contributed by atoms with Crippen molar-refractivity contribution in [2.75, 3.05) is 33.3 Å². The Morgan fingerprint density at radius 1 is 1.43 bits per heavy atom. The molecular formula is C11H20N2O. The van der Waals surface area contributed by atoms with Gasteiger partial charge in [-0.3, -0.25) is 0 Å². The maximum Gasteiger partial charge on any atom is 0.0826 e. The molecule has 0 bridgehead atoms. The highest BCUT2D eigenvalue weighted by Crippen LogP contribution is 2.10. The molecule has 2 rings (SSSR count). The van der Waals surface area contributed by atoms with Crippen molar-refractivity contribution in [3.8, 4) is 0 Å². The fourth-order valence-corrected chi connectivity index (χ4v) is 2.07. The molecule has 2 aliphatic rings. The zero-order valence-electron chi connectivity index (χ0n) is 8.91. The van der Waals surface area contributed by atoms with Gasteiger partial charge >= 0.3 is 0 Å². The fraction of sp³-hybridized carbons (Fsp3) is 0.818. The summed E-state index contributed by atoms with van der Waals surface area (Å²) in [6.07, 6.45) is 7.26. The lowest BCUT2D eigenvalue weighted by Gasteiger charge is -2.30. The van der Waals surface area contributed by atoms with Gasteiger partial charge in [-0.05, 0) is 19.9 Å². The molecule has 3 heteroatoms. The van der Waals surface area contributed by atoms with Crippen LogP contribution in [-0.4, -0.2) is 50.3 Å². The minimum absolute atomic E-state index is 0.384. The van der Waals surface area contributed by atoms with Crippen molar-refractivity contribution in [2.45, 2.75) is 25.0 Å². The quantitative estimate of drug-likeness (QED) is 0.670. The van der Waals surface area contributed by atoms with Crippen LogP contribution in [0.4, 0.5) is 0 Å². The number of nitrogens with one attached hydrogen (secondary N) is 1. The van der Waals surface area contributed by atoms with Crippen LogP contribution in [0.2, 0.25) is 0 Å². The molecule has 1 aliphatic carbocycles. The third-order valence-electron chi connectivity index (χ3n) is 2.98. The molecule has 0 aromatic rings. The number of rotatable bonds is 3. The van der Waals surface area contributed by atoms with E-state index in [0.29, 0.717) is 12.1 Å². The third kappa shape index (κ3) is 2.80. The smallest absolute Gasteiger partial charge is 0.0826 e. The van der Waals surface area contributed by atoms with Crippen LogP contribution >= 0.6 is 0 Å². The number of ether oxygens (including phenoxy) is 1. The molecule has 14 heavy (non-hydrogen) atoms. The van der Waals surface area contributed by atoms with Crippen molar-refractivity contribution in [1.82, 2.24) is 10.2 Å². The second kappa shape index (κ2) is 4.91. The predicted molar refractivity (Wildman–Crippen MR) is 57.4 cm³/mol. The fourth-order valence-electron chi connectivity index (χ4n) is 2.07. The summed E-state index contributed by atoms with van der Waals surface area (Å²) in [6.45, 7) is 4.01. The Morgan fingerprint density at radius 3 is 2.93 bits per heavy atom. The maximum absolute atomic E-state index is 5.68. The third-order valence-corrected chi connectivity index (χ3v) is 2.98. The number of hydrogen-bond acceptors (Lipinski definition) is 3. The number of likely N-dealkylation sites (N-methyl/N-ethyl adjacent to an activating group) is 1. The molecule has 0 aromatic heterocycles. The Hall–Kier alpha value is -0.380. The zero-order valence-corrected chi connectivity index (χ0v) is 8.91. The van der Waals surface area contributed by atoms with Gasteiger partial charge in [0.05, 0.1) is 12.7 Å². The van der Waals surface area contributed by atoms with Gasteiger partial charge < -0.3 is 15.0 Å². The topological polar surface area (TPSA) is 24.5 Å². The monoisotopic (exact) mass is 196 g/mol. The van der Waals surface area contributed by atoms with E-state index in [0.717, 1.165) is 26.2 Å². The van der Waals surface area contributed by atoms with Crippen LogP contribution < -0.4 is 5.32 Å². The molecule has 80 valence electrons. The van der Waals surface area contributed by atoms with Crippen molar-refractivity contribution < 1.29 is 4.74 Å². The highest BCUT2D eigenvalue weighted by Gasteiger charge is 2.18. The lowest BCUT2D eigenvalue weighted by molar-refractivity contribution is -0.0191. The first kappa shape index (κ1) is 10.1. The molecule has 3 nitrogen and oxygen atoms in total. The van der Waals surface area contributed by atoms with E-state index in [1.165, 1.54) is 12.8 Å². The van der Waals surface area contributed by atoms with E-state index >= 15 is 0 Å². The van der Waals surface area contributed by atoms with Crippen LogP contribution in [0.25, 0.3) is 0 Å². The average Bonchev–Trinajstić information content (AvgIpc) is 2.67. The Bertz CT molecular complexity index is 197. The molecule has 0 radical (unpaired) electrons. The van der Waals surface area contributed by atoms with Crippen molar-refractivity contribution in [1.29, 1.82) is 0 Å². The first-order valence-corrected chi connectivity index (χ1v) is 5.53. The summed E-state index contributed by atoms with van der Waals surface area (Å²) in [7, 11) is 2.16. The van der Waals surface area contributed by atoms with Crippen molar-refractivity contribution >= 4 is 0 Å². The summed E-state index contributed by atoms with van der Waals surface area (Å²) in [5.41, 5.74) is 0. The molecule has 1 fully saturated rings. The van der Waals surface area contributed by atoms with E-state index < -0.39 is 0 Å². The van der Waals surface area contributed by atoms with E-state index in [4.69, 9.17) is 4.74 Å². The summed E-state index contributed by atoms with van der Waals surface area (Å²) >= 11 is 0. The first-order valence-electron chi connectivity index (χ1n) is 5.53. The zero-order chi connectivity index (χ0) is 9.80. The van der Waals surface area contributed by atoms with Crippen LogP contribution in [-0.2, 0) is 4.74 Å². The lowest BCUT2D eigenvalue weighted by Crippen LogP contribution is -2.46. The summed E-state index contributed by atoms with van der Waals surface area (Å²) in [4.78, 5) is 2.34. The van der Waals surface area contributed by atoms with Crippen molar-refractivity contribution in [3.05, 3.63) is 12.2 Å². The van der Waals surface area contributed by atoms with Crippen LogP contribution in [0.5, 0.6) is 0 Å². The summed E-state index contributed by atoms with van der Waals surface area (Å²) in [5, 5.41) is 3.56. The van der Waals surface area contributed by atoms with Gasteiger partial charge in [-0.1, -0.05) is 12.2 Å². The van der Waals surface area contributed by atoms with Gasteiger partial charge in [-0.25, -0.2) is 0 Å². The molecule has 1 N–H and O–H groups in total. The van der Waals surface area contributed by atoms with Gasteiger partial charge in [0.25, 0.3) is 0 Å². The Balaban J connectivity index is 1.64. The second-order valence-electron chi connectivity index (χ2n) is 4.30. The van der Waals surface area contributed by atoms with E-state index in [1.54, 1.807) is 0 Å².